The largest absolute Gasteiger partial charge is 0.354 e. The van der Waals surface area contributed by atoms with Gasteiger partial charge < -0.3 is 11.1 Å². The highest BCUT2D eigenvalue weighted by Crippen LogP contribution is 2.25. The van der Waals surface area contributed by atoms with Crippen LogP contribution in [0.3, 0.4) is 0 Å². The van der Waals surface area contributed by atoms with Gasteiger partial charge in [0.2, 0.25) is 15.9 Å². The fraction of sp³-hybridized carbons (Fsp3) is 0.923. The molecule has 20 heavy (non-hydrogen) atoms. The molecule has 0 saturated heterocycles. The second kappa shape index (κ2) is 7.38. The van der Waals surface area contributed by atoms with E-state index < -0.39 is 16.1 Å². The van der Waals surface area contributed by atoms with E-state index in [1.165, 1.54) is 6.26 Å². The number of carbonyl (C=O) groups is 1. The van der Waals surface area contributed by atoms with E-state index in [0.717, 1.165) is 25.7 Å². The molecule has 1 rings (SSSR count). The van der Waals surface area contributed by atoms with Crippen LogP contribution in [0, 0.1) is 11.8 Å². The van der Waals surface area contributed by atoms with Crippen molar-refractivity contribution < 1.29 is 13.2 Å². The smallest absolute Gasteiger partial charge is 0.237 e. The van der Waals surface area contributed by atoms with Crippen molar-refractivity contribution in [2.24, 2.45) is 17.6 Å². The van der Waals surface area contributed by atoms with Crippen LogP contribution in [0.25, 0.3) is 0 Å². The summed E-state index contributed by atoms with van der Waals surface area (Å²) in [5, 5.41) is 2.86. The van der Waals surface area contributed by atoms with Crippen LogP contribution in [0.15, 0.2) is 0 Å². The first-order valence-corrected chi connectivity index (χ1v) is 9.14. The standard InChI is InChI=1S/C13H27N3O3S/c1-4-9(2)12(14)13(17)15-8-10-6-5-7-11(10)16-20(3,18)19/h9-12,16H,4-8,14H2,1-3H3,(H,15,17). The van der Waals surface area contributed by atoms with Gasteiger partial charge in [0.05, 0.1) is 12.3 Å². The van der Waals surface area contributed by atoms with Gasteiger partial charge in [0.1, 0.15) is 0 Å². The molecule has 4 unspecified atom stereocenters. The Bertz CT molecular complexity index is 425. The second-order valence-electron chi connectivity index (χ2n) is 5.84. The van der Waals surface area contributed by atoms with E-state index in [1.807, 2.05) is 13.8 Å². The van der Waals surface area contributed by atoms with E-state index >= 15 is 0 Å². The van der Waals surface area contributed by atoms with Crippen molar-refractivity contribution in [3.8, 4) is 0 Å². The first-order chi connectivity index (χ1) is 9.24. The zero-order valence-electron chi connectivity index (χ0n) is 12.6. The molecular weight excluding hydrogens is 278 g/mol. The zero-order valence-corrected chi connectivity index (χ0v) is 13.4. The lowest BCUT2D eigenvalue weighted by Gasteiger charge is -2.23. The monoisotopic (exact) mass is 305 g/mol. The lowest BCUT2D eigenvalue weighted by molar-refractivity contribution is -0.123. The third-order valence-electron chi connectivity index (χ3n) is 4.12. The molecule has 118 valence electrons. The van der Waals surface area contributed by atoms with Crippen LogP contribution >= 0.6 is 0 Å². The lowest BCUT2D eigenvalue weighted by Crippen LogP contribution is -2.48. The second-order valence-corrected chi connectivity index (χ2v) is 7.62. The third kappa shape index (κ3) is 5.38. The molecule has 4 N–H and O–H groups in total. The van der Waals surface area contributed by atoms with Gasteiger partial charge in [0, 0.05) is 12.6 Å². The van der Waals surface area contributed by atoms with Gasteiger partial charge in [-0.1, -0.05) is 26.7 Å². The van der Waals surface area contributed by atoms with E-state index in [4.69, 9.17) is 5.73 Å². The predicted molar refractivity (Wildman–Crippen MR) is 79.5 cm³/mol. The number of hydrogen-bond acceptors (Lipinski definition) is 4. The van der Waals surface area contributed by atoms with Crippen molar-refractivity contribution in [3.63, 3.8) is 0 Å². The van der Waals surface area contributed by atoms with Crippen LogP contribution in [0.5, 0.6) is 0 Å². The van der Waals surface area contributed by atoms with Crippen molar-refractivity contribution in [2.75, 3.05) is 12.8 Å². The van der Waals surface area contributed by atoms with Gasteiger partial charge in [-0.2, -0.15) is 0 Å². The first kappa shape index (κ1) is 17.4. The van der Waals surface area contributed by atoms with Gasteiger partial charge >= 0.3 is 0 Å². The Kier molecular flexibility index (Phi) is 6.42. The van der Waals surface area contributed by atoms with Gasteiger partial charge in [0.25, 0.3) is 0 Å². The van der Waals surface area contributed by atoms with Crippen molar-refractivity contribution in [1.82, 2.24) is 10.0 Å². The van der Waals surface area contributed by atoms with Crippen LogP contribution in [0.1, 0.15) is 39.5 Å². The molecule has 0 spiro atoms. The Hall–Kier alpha value is -0.660. The number of amides is 1. The summed E-state index contributed by atoms with van der Waals surface area (Å²) < 4.78 is 25.2. The lowest BCUT2D eigenvalue weighted by atomic mass is 9.98. The van der Waals surface area contributed by atoms with Crippen molar-refractivity contribution in [1.29, 1.82) is 0 Å². The summed E-state index contributed by atoms with van der Waals surface area (Å²) in [5.41, 5.74) is 5.87. The molecule has 7 heteroatoms. The normalized spacial score (nSPS) is 26.2. The molecule has 0 aromatic rings. The summed E-state index contributed by atoms with van der Waals surface area (Å²) in [6, 6.07) is -0.576. The molecule has 0 aliphatic heterocycles. The number of rotatable bonds is 7. The predicted octanol–water partition coefficient (Wildman–Crippen LogP) is 0.194. The Morgan fingerprint density at radius 2 is 2.05 bits per heavy atom. The van der Waals surface area contributed by atoms with Crippen LogP contribution in [0.4, 0.5) is 0 Å². The number of carbonyl (C=O) groups excluding carboxylic acids is 1. The van der Waals surface area contributed by atoms with E-state index in [-0.39, 0.29) is 23.8 Å². The Morgan fingerprint density at radius 1 is 1.40 bits per heavy atom. The molecule has 6 nitrogen and oxygen atoms in total. The van der Waals surface area contributed by atoms with Crippen LogP contribution in [0.2, 0.25) is 0 Å². The number of sulfonamides is 1. The summed E-state index contributed by atoms with van der Waals surface area (Å²) in [4.78, 5) is 11.9. The molecule has 1 aliphatic rings. The third-order valence-corrected chi connectivity index (χ3v) is 4.85. The fourth-order valence-corrected chi connectivity index (χ4v) is 3.43. The minimum atomic E-state index is -3.20. The summed E-state index contributed by atoms with van der Waals surface area (Å²) in [5.74, 6) is 0.144. The summed E-state index contributed by atoms with van der Waals surface area (Å²) >= 11 is 0. The van der Waals surface area contributed by atoms with E-state index in [2.05, 4.69) is 10.0 Å². The van der Waals surface area contributed by atoms with Gasteiger partial charge in [-0.05, 0) is 24.7 Å². The molecule has 0 bridgehead atoms. The minimum Gasteiger partial charge on any atom is -0.354 e. The summed E-state index contributed by atoms with van der Waals surface area (Å²) in [7, 11) is -3.20. The maximum Gasteiger partial charge on any atom is 0.237 e. The van der Waals surface area contributed by atoms with E-state index in [9.17, 15) is 13.2 Å². The first-order valence-electron chi connectivity index (χ1n) is 7.25. The van der Waals surface area contributed by atoms with E-state index in [1.54, 1.807) is 0 Å². The van der Waals surface area contributed by atoms with Gasteiger partial charge in [0.15, 0.2) is 0 Å². The molecule has 0 aromatic carbocycles. The number of nitrogens with one attached hydrogen (secondary N) is 2. The molecule has 0 aromatic heterocycles. The van der Waals surface area contributed by atoms with Crippen LogP contribution in [-0.4, -0.2) is 39.2 Å². The van der Waals surface area contributed by atoms with Crippen molar-refractivity contribution >= 4 is 15.9 Å². The van der Waals surface area contributed by atoms with Gasteiger partial charge in [-0.25, -0.2) is 13.1 Å². The Balaban J connectivity index is 2.46. The topological polar surface area (TPSA) is 101 Å². The maximum absolute atomic E-state index is 11.9. The molecule has 1 aliphatic carbocycles. The van der Waals surface area contributed by atoms with Gasteiger partial charge in [-0.3, -0.25) is 4.79 Å². The molecule has 0 heterocycles. The highest BCUT2D eigenvalue weighted by Gasteiger charge is 2.30. The van der Waals surface area contributed by atoms with Crippen LogP contribution < -0.4 is 15.8 Å². The molecular formula is C13H27N3O3S. The summed E-state index contributed by atoms with van der Waals surface area (Å²) in [6.07, 6.45) is 4.75. The zero-order chi connectivity index (χ0) is 15.3. The highest BCUT2D eigenvalue weighted by molar-refractivity contribution is 7.88. The average Bonchev–Trinajstić information content (AvgIpc) is 2.79. The molecule has 4 atom stereocenters. The fourth-order valence-electron chi connectivity index (χ4n) is 2.57. The molecule has 0 radical (unpaired) electrons. The summed E-state index contributed by atoms with van der Waals surface area (Å²) in [6.45, 7) is 4.44. The molecule has 1 amide bonds. The number of nitrogens with two attached hydrogens (primary N) is 1. The molecule has 1 saturated carbocycles. The van der Waals surface area contributed by atoms with Gasteiger partial charge in [-0.15, -0.1) is 0 Å². The van der Waals surface area contributed by atoms with E-state index in [0.29, 0.717) is 6.54 Å². The Labute approximate surface area is 121 Å². The van der Waals surface area contributed by atoms with Crippen molar-refractivity contribution in [2.45, 2.75) is 51.6 Å². The quantitative estimate of drug-likeness (QED) is 0.625. The number of hydrogen-bond donors (Lipinski definition) is 3. The highest BCUT2D eigenvalue weighted by atomic mass is 32.2. The molecule has 1 fully saturated rings. The van der Waals surface area contributed by atoms with Crippen LogP contribution in [-0.2, 0) is 14.8 Å². The Morgan fingerprint density at radius 3 is 2.60 bits per heavy atom. The SMILES string of the molecule is CCC(C)C(N)C(=O)NCC1CCCC1NS(C)(=O)=O. The minimum absolute atomic E-state index is 0.0786. The average molecular weight is 305 g/mol. The van der Waals surface area contributed by atoms with Crippen molar-refractivity contribution in [3.05, 3.63) is 0 Å². The maximum atomic E-state index is 11.9.